The summed E-state index contributed by atoms with van der Waals surface area (Å²) >= 11 is 3.42. The van der Waals surface area contributed by atoms with Crippen molar-refractivity contribution < 1.29 is 14.4 Å². The van der Waals surface area contributed by atoms with E-state index in [9.17, 15) is 15.4 Å². The minimum absolute atomic E-state index is 0.0617. The molecule has 0 fully saturated rings. The van der Waals surface area contributed by atoms with Crippen LogP contribution >= 0.6 is 15.9 Å². The Kier molecular flexibility index (Phi) is 4.00. The van der Waals surface area contributed by atoms with Crippen molar-refractivity contribution in [2.24, 2.45) is 0 Å². The molecule has 0 N–H and O–H groups in total. The van der Waals surface area contributed by atoms with Gasteiger partial charge in [0.1, 0.15) is 0 Å². The highest BCUT2D eigenvalue weighted by atomic mass is 79.9. The molecule has 0 atom stereocenters. The number of fused-ring (bicyclic) bond motifs is 1. The quantitative estimate of drug-likeness (QED) is 0.349. The van der Waals surface area contributed by atoms with Crippen LogP contribution in [0, 0.1) is 21.4 Å². The van der Waals surface area contributed by atoms with Crippen molar-refractivity contribution in [2.75, 3.05) is 6.79 Å². The highest BCUT2D eigenvalue weighted by Crippen LogP contribution is 2.38. The van der Waals surface area contributed by atoms with E-state index in [-0.39, 0.29) is 12.5 Å². The smallest absolute Gasteiger partial charge is 0.270 e. The van der Waals surface area contributed by atoms with Gasteiger partial charge in [0.2, 0.25) is 6.79 Å². The fraction of sp³-hybridized carbons (Fsp3) is 0.0625. The number of allylic oxidation sites excluding steroid dienone is 1. The first kappa shape index (κ1) is 15.1. The molecule has 1 aliphatic rings. The fourth-order valence-electron chi connectivity index (χ4n) is 2.17. The maximum atomic E-state index is 10.9. The van der Waals surface area contributed by atoms with Crippen LogP contribution in [0.5, 0.6) is 11.5 Å². The van der Waals surface area contributed by atoms with Gasteiger partial charge in [0.05, 0.1) is 16.6 Å². The summed E-state index contributed by atoms with van der Waals surface area (Å²) in [5.74, 6) is 1.22. The summed E-state index contributed by atoms with van der Waals surface area (Å²) in [6.45, 7) is 0.158. The second-order valence-electron chi connectivity index (χ2n) is 4.70. The molecule has 0 unspecified atom stereocenters. The monoisotopic (exact) mass is 372 g/mol. The molecule has 0 amide bonds. The van der Waals surface area contributed by atoms with Crippen molar-refractivity contribution >= 4 is 33.3 Å². The topological polar surface area (TPSA) is 85.4 Å². The van der Waals surface area contributed by atoms with Gasteiger partial charge in [-0.3, -0.25) is 10.1 Å². The number of nitro groups is 1. The van der Waals surface area contributed by atoms with Crippen LogP contribution in [0.15, 0.2) is 40.9 Å². The van der Waals surface area contributed by atoms with E-state index in [1.54, 1.807) is 30.3 Å². The third kappa shape index (κ3) is 3.03. The molecule has 0 aromatic heterocycles. The zero-order valence-corrected chi connectivity index (χ0v) is 13.2. The Morgan fingerprint density at radius 2 is 2.04 bits per heavy atom. The van der Waals surface area contributed by atoms with Crippen LogP contribution in [0.2, 0.25) is 0 Å². The molecule has 2 aromatic carbocycles. The summed E-state index contributed by atoms with van der Waals surface area (Å²) in [6, 6.07) is 11.5. The number of hydrogen-bond acceptors (Lipinski definition) is 5. The third-order valence-corrected chi connectivity index (χ3v) is 3.97. The van der Waals surface area contributed by atoms with Crippen molar-refractivity contribution in [3.8, 4) is 17.6 Å². The Balaban J connectivity index is 2.05. The van der Waals surface area contributed by atoms with Gasteiger partial charge in [0, 0.05) is 16.6 Å². The van der Waals surface area contributed by atoms with Crippen LogP contribution in [0.1, 0.15) is 11.1 Å². The minimum Gasteiger partial charge on any atom is -0.454 e. The Labute approximate surface area is 139 Å². The number of halogens is 1. The maximum Gasteiger partial charge on any atom is 0.270 e. The first-order chi connectivity index (χ1) is 11.1. The van der Waals surface area contributed by atoms with Crippen molar-refractivity contribution in [3.05, 3.63) is 62.1 Å². The highest BCUT2D eigenvalue weighted by molar-refractivity contribution is 9.10. The van der Waals surface area contributed by atoms with E-state index >= 15 is 0 Å². The van der Waals surface area contributed by atoms with E-state index in [1.807, 2.05) is 0 Å². The first-order valence-electron chi connectivity index (χ1n) is 6.54. The summed E-state index contributed by atoms with van der Waals surface area (Å²) in [5, 5.41) is 20.3. The lowest BCUT2D eigenvalue weighted by molar-refractivity contribution is -0.384. The molecule has 0 saturated heterocycles. The molecule has 0 spiro atoms. The molecule has 23 heavy (non-hydrogen) atoms. The van der Waals surface area contributed by atoms with Crippen LogP contribution in [0.25, 0.3) is 11.6 Å². The fourth-order valence-corrected chi connectivity index (χ4v) is 2.60. The highest BCUT2D eigenvalue weighted by Gasteiger charge is 2.16. The van der Waals surface area contributed by atoms with Crippen LogP contribution in [-0.4, -0.2) is 11.7 Å². The van der Waals surface area contributed by atoms with E-state index in [4.69, 9.17) is 9.47 Å². The average Bonchev–Trinajstić information content (AvgIpc) is 2.99. The Morgan fingerprint density at radius 1 is 1.30 bits per heavy atom. The summed E-state index contributed by atoms with van der Waals surface area (Å²) in [5.41, 5.74) is 1.45. The molecular formula is C16H9BrN2O4. The summed E-state index contributed by atoms with van der Waals surface area (Å²) in [7, 11) is 0. The van der Waals surface area contributed by atoms with Gasteiger partial charge in [-0.15, -0.1) is 0 Å². The molecule has 0 aliphatic carbocycles. The lowest BCUT2D eigenvalue weighted by atomic mass is 10.0. The lowest BCUT2D eigenvalue weighted by Gasteiger charge is -2.04. The van der Waals surface area contributed by atoms with E-state index in [1.165, 1.54) is 12.1 Å². The largest absolute Gasteiger partial charge is 0.454 e. The number of nitrogens with zero attached hydrogens (tertiary/aromatic N) is 2. The van der Waals surface area contributed by atoms with Crippen molar-refractivity contribution in [3.63, 3.8) is 0 Å². The van der Waals surface area contributed by atoms with E-state index in [0.717, 1.165) is 10.0 Å². The van der Waals surface area contributed by atoms with Gasteiger partial charge >= 0.3 is 0 Å². The number of rotatable bonds is 3. The summed E-state index contributed by atoms with van der Waals surface area (Å²) in [4.78, 5) is 10.4. The number of hydrogen-bond donors (Lipinski definition) is 0. The van der Waals surface area contributed by atoms with E-state index in [2.05, 4.69) is 22.0 Å². The van der Waals surface area contributed by atoms with Crippen molar-refractivity contribution in [1.82, 2.24) is 0 Å². The van der Waals surface area contributed by atoms with Gasteiger partial charge in [-0.2, -0.15) is 5.26 Å². The molecule has 6 nitrogen and oxygen atoms in total. The standard InChI is InChI=1S/C16H9BrN2O4/c17-14-7-16-15(22-9-23-16)6-11(14)4-12(8-18)10-2-1-3-13(5-10)19(20)21/h1-7H,9H2/b12-4+. The molecule has 7 heteroatoms. The van der Waals surface area contributed by atoms with Crippen molar-refractivity contribution in [2.45, 2.75) is 0 Å². The zero-order valence-electron chi connectivity index (χ0n) is 11.7. The second kappa shape index (κ2) is 6.10. The summed E-state index contributed by atoms with van der Waals surface area (Å²) in [6.07, 6.45) is 1.64. The molecule has 2 aromatic rings. The number of nitro benzene ring substituents is 1. The van der Waals surface area contributed by atoms with Crippen LogP contribution in [0.3, 0.4) is 0 Å². The summed E-state index contributed by atoms with van der Waals surface area (Å²) < 4.78 is 11.3. The first-order valence-corrected chi connectivity index (χ1v) is 7.33. The van der Waals surface area contributed by atoms with Crippen LogP contribution < -0.4 is 9.47 Å². The normalized spacial score (nSPS) is 12.8. The molecule has 114 valence electrons. The van der Waals surface area contributed by atoms with Crippen molar-refractivity contribution in [1.29, 1.82) is 5.26 Å². The number of ether oxygens (including phenoxy) is 2. The van der Waals surface area contributed by atoms with Gasteiger partial charge in [-0.05, 0) is 29.3 Å². The lowest BCUT2D eigenvalue weighted by Crippen LogP contribution is -1.92. The molecule has 1 aliphatic heterocycles. The Bertz CT molecular complexity index is 871. The van der Waals surface area contributed by atoms with Gasteiger partial charge in [-0.1, -0.05) is 28.1 Å². The van der Waals surface area contributed by atoms with Gasteiger partial charge in [-0.25, -0.2) is 0 Å². The number of benzene rings is 2. The zero-order chi connectivity index (χ0) is 16.4. The second-order valence-corrected chi connectivity index (χ2v) is 5.56. The minimum atomic E-state index is -0.491. The predicted octanol–water partition coefficient (Wildman–Crippen LogP) is 4.15. The molecular weight excluding hydrogens is 364 g/mol. The predicted molar refractivity (Wildman–Crippen MR) is 86.8 cm³/mol. The maximum absolute atomic E-state index is 10.9. The molecule has 3 rings (SSSR count). The van der Waals surface area contributed by atoms with Crippen LogP contribution in [0.4, 0.5) is 5.69 Å². The third-order valence-electron chi connectivity index (χ3n) is 3.28. The molecule has 0 saturated carbocycles. The Hall–Kier alpha value is -2.85. The SMILES string of the molecule is N#C/C(=C\c1cc2c(cc1Br)OCO2)c1cccc([N+](=O)[O-])c1. The number of non-ortho nitro benzene ring substituents is 1. The average molecular weight is 373 g/mol. The van der Waals surface area contributed by atoms with Gasteiger partial charge in [0.25, 0.3) is 5.69 Å². The molecule has 0 radical (unpaired) electrons. The van der Waals surface area contributed by atoms with E-state index < -0.39 is 4.92 Å². The molecule has 0 bridgehead atoms. The van der Waals surface area contributed by atoms with Gasteiger partial charge < -0.3 is 9.47 Å². The Morgan fingerprint density at radius 3 is 2.74 bits per heavy atom. The van der Waals surface area contributed by atoms with E-state index in [0.29, 0.717) is 22.6 Å². The molecule has 1 heterocycles. The number of nitriles is 1. The van der Waals surface area contributed by atoms with Gasteiger partial charge in [0.15, 0.2) is 11.5 Å². The van der Waals surface area contributed by atoms with Crippen LogP contribution in [-0.2, 0) is 0 Å².